The number of hydrogen-bond donors (Lipinski definition) is 0. The molecule has 0 aliphatic heterocycles. The van der Waals surface area contributed by atoms with E-state index in [2.05, 4.69) is 89.1 Å². The molecule has 0 aliphatic carbocycles. The Morgan fingerprint density at radius 3 is 2.25 bits per heavy atom. The molecule has 3 rings (SSSR count). The molecule has 2 nitrogen and oxygen atoms in total. The molecule has 0 N–H and O–H groups in total. The molecule has 0 atom stereocenters. The largest absolute Gasteiger partial charge is 0.289 e. The zero-order valence-electron chi connectivity index (χ0n) is 14.6. The minimum Gasteiger partial charge on any atom is -0.230 e. The van der Waals surface area contributed by atoms with Gasteiger partial charge in [0.05, 0.1) is 12.1 Å². The van der Waals surface area contributed by atoms with E-state index >= 15 is 0 Å². The average Bonchev–Trinajstić information content (AvgIpc) is 3.03. The minimum atomic E-state index is 0.910. The summed E-state index contributed by atoms with van der Waals surface area (Å²) in [6.45, 7) is 4.26. The van der Waals surface area contributed by atoms with Crippen LogP contribution in [0.5, 0.6) is 0 Å². The molecule has 24 heavy (non-hydrogen) atoms. The highest BCUT2D eigenvalue weighted by atomic mass is 15.1. The lowest BCUT2D eigenvalue weighted by Gasteiger charge is -2.06. The van der Waals surface area contributed by atoms with Gasteiger partial charge in [0.1, 0.15) is 18.9 Å². The van der Waals surface area contributed by atoms with Crippen molar-refractivity contribution in [2.24, 2.45) is 0 Å². The maximum atomic E-state index is 2.41. The third-order valence-corrected chi connectivity index (χ3v) is 4.45. The van der Waals surface area contributed by atoms with E-state index in [-0.39, 0.29) is 0 Å². The van der Waals surface area contributed by atoms with Crippen molar-refractivity contribution in [3.63, 3.8) is 0 Å². The number of aromatic nitrogens is 2. The van der Waals surface area contributed by atoms with Crippen molar-refractivity contribution in [2.45, 2.75) is 45.7 Å². The SMILES string of the molecule is CCCCCCn1cc[n+](Cc2ccccc2)c1-c1ccccc1. The lowest BCUT2D eigenvalue weighted by atomic mass is 10.1. The van der Waals surface area contributed by atoms with Gasteiger partial charge in [-0.1, -0.05) is 68.3 Å². The zero-order valence-corrected chi connectivity index (χ0v) is 14.6. The molecule has 124 valence electrons. The first kappa shape index (κ1) is 16.5. The fourth-order valence-corrected chi connectivity index (χ4v) is 3.18. The van der Waals surface area contributed by atoms with Crippen LogP contribution in [0.1, 0.15) is 38.2 Å². The average molecular weight is 319 g/mol. The van der Waals surface area contributed by atoms with Gasteiger partial charge in [0, 0.05) is 0 Å². The third kappa shape index (κ3) is 4.14. The molecule has 1 aromatic heterocycles. The molecular formula is C22H27N2+. The summed E-state index contributed by atoms with van der Waals surface area (Å²) in [5, 5.41) is 0. The lowest BCUT2D eigenvalue weighted by Crippen LogP contribution is -2.35. The first-order valence-electron chi connectivity index (χ1n) is 9.06. The molecule has 0 bridgehead atoms. The summed E-state index contributed by atoms with van der Waals surface area (Å²) in [5.41, 5.74) is 2.62. The molecule has 1 heterocycles. The van der Waals surface area contributed by atoms with E-state index in [1.807, 2.05) is 0 Å². The van der Waals surface area contributed by atoms with Gasteiger partial charge < -0.3 is 0 Å². The Morgan fingerprint density at radius 2 is 1.54 bits per heavy atom. The second kappa shape index (κ2) is 8.49. The van der Waals surface area contributed by atoms with Gasteiger partial charge in [-0.2, -0.15) is 0 Å². The van der Waals surface area contributed by atoms with Gasteiger partial charge in [-0.3, -0.25) is 0 Å². The van der Waals surface area contributed by atoms with E-state index in [1.54, 1.807) is 0 Å². The molecule has 2 heteroatoms. The second-order valence-electron chi connectivity index (χ2n) is 6.36. The molecule has 0 aliphatic rings. The van der Waals surface area contributed by atoms with Gasteiger partial charge in [-0.05, 0) is 30.5 Å². The summed E-state index contributed by atoms with van der Waals surface area (Å²) in [7, 11) is 0. The molecule has 3 aromatic rings. The smallest absolute Gasteiger partial charge is 0.230 e. The standard InChI is InChI=1S/C22H27N2/c1-2-3-4-11-16-23-17-18-24(19-20-12-7-5-8-13-20)22(23)21-14-9-6-10-15-21/h5-10,12-15,17-18H,2-4,11,16,19H2,1H3/q+1. The molecule has 0 fully saturated rings. The van der Waals surface area contributed by atoms with Gasteiger partial charge in [0.2, 0.25) is 0 Å². The van der Waals surface area contributed by atoms with Crippen LogP contribution in [0.3, 0.4) is 0 Å². The third-order valence-electron chi connectivity index (χ3n) is 4.45. The normalized spacial score (nSPS) is 10.9. The van der Waals surface area contributed by atoms with Crippen LogP contribution in [0.2, 0.25) is 0 Å². The Labute approximate surface area is 145 Å². The van der Waals surface area contributed by atoms with Gasteiger partial charge >= 0.3 is 0 Å². The number of aryl methyl sites for hydroxylation is 1. The van der Waals surface area contributed by atoms with Gasteiger partial charge in [0.25, 0.3) is 5.82 Å². The number of unbranched alkanes of at least 4 members (excludes halogenated alkanes) is 3. The molecule has 2 aromatic carbocycles. The summed E-state index contributed by atoms with van der Waals surface area (Å²) in [6, 6.07) is 21.4. The maximum absolute atomic E-state index is 2.41. The fraction of sp³-hybridized carbons (Fsp3) is 0.318. The van der Waals surface area contributed by atoms with Crippen LogP contribution in [0.4, 0.5) is 0 Å². The lowest BCUT2D eigenvalue weighted by molar-refractivity contribution is -0.676. The molecule has 0 saturated heterocycles. The second-order valence-corrected chi connectivity index (χ2v) is 6.36. The topological polar surface area (TPSA) is 8.81 Å². The Morgan fingerprint density at radius 1 is 0.833 bits per heavy atom. The summed E-state index contributed by atoms with van der Waals surface area (Å²) >= 11 is 0. The molecule has 0 unspecified atom stereocenters. The van der Waals surface area contributed by atoms with Crippen molar-refractivity contribution in [3.05, 3.63) is 78.6 Å². The first-order valence-corrected chi connectivity index (χ1v) is 9.06. The van der Waals surface area contributed by atoms with Crippen molar-refractivity contribution in [2.75, 3.05) is 0 Å². The van der Waals surface area contributed by atoms with E-state index in [0.29, 0.717) is 0 Å². The minimum absolute atomic E-state index is 0.910. The van der Waals surface area contributed by atoms with Crippen LogP contribution in [-0.4, -0.2) is 4.57 Å². The van der Waals surface area contributed by atoms with Crippen molar-refractivity contribution >= 4 is 0 Å². The van der Waals surface area contributed by atoms with Gasteiger partial charge in [0.15, 0.2) is 0 Å². The fourth-order valence-electron chi connectivity index (χ4n) is 3.18. The molecular weight excluding hydrogens is 292 g/mol. The number of nitrogens with zero attached hydrogens (tertiary/aromatic N) is 2. The van der Waals surface area contributed by atoms with Crippen LogP contribution < -0.4 is 4.57 Å². The summed E-state index contributed by atoms with van der Waals surface area (Å²) in [5.74, 6) is 1.30. The van der Waals surface area contributed by atoms with Crippen molar-refractivity contribution in [1.82, 2.24) is 4.57 Å². The van der Waals surface area contributed by atoms with E-state index < -0.39 is 0 Å². The van der Waals surface area contributed by atoms with Crippen molar-refractivity contribution < 1.29 is 4.57 Å². The molecule has 0 radical (unpaired) electrons. The number of benzene rings is 2. The van der Waals surface area contributed by atoms with Crippen LogP contribution >= 0.6 is 0 Å². The highest BCUT2D eigenvalue weighted by Crippen LogP contribution is 2.17. The summed E-state index contributed by atoms with van der Waals surface area (Å²) < 4.78 is 4.78. The monoisotopic (exact) mass is 319 g/mol. The Kier molecular flexibility index (Phi) is 5.84. The van der Waals surface area contributed by atoms with E-state index in [9.17, 15) is 0 Å². The van der Waals surface area contributed by atoms with Crippen LogP contribution in [0.15, 0.2) is 73.1 Å². The summed E-state index contributed by atoms with van der Waals surface area (Å²) in [4.78, 5) is 0. The Hall–Kier alpha value is -2.35. The van der Waals surface area contributed by atoms with Crippen LogP contribution in [-0.2, 0) is 13.1 Å². The van der Waals surface area contributed by atoms with Gasteiger partial charge in [-0.15, -0.1) is 0 Å². The number of imidazole rings is 1. The number of rotatable bonds is 8. The zero-order chi connectivity index (χ0) is 16.6. The van der Waals surface area contributed by atoms with E-state index in [0.717, 1.165) is 13.1 Å². The van der Waals surface area contributed by atoms with E-state index in [4.69, 9.17) is 0 Å². The van der Waals surface area contributed by atoms with Gasteiger partial charge in [-0.25, -0.2) is 9.13 Å². The predicted octanol–water partition coefficient (Wildman–Crippen LogP) is 5.07. The highest BCUT2D eigenvalue weighted by molar-refractivity contribution is 5.52. The van der Waals surface area contributed by atoms with E-state index in [1.165, 1.54) is 42.6 Å². The maximum Gasteiger partial charge on any atom is 0.289 e. The number of hydrogen-bond acceptors (Lipinski definition) is 0. The molecule has 0 saturated carbocycles. The highest BCUT2D eigenvalue weighted by Gasteiger charge is 2.19. The van der Waals surface area contributed by atoms with Crippen molar-refractivity contribution in [3.8, 4) is 11.4 Å². The Balaban J connectivity index is 1.86. The van der Waals surface area contributed by atoms with Crippen molar-refractivity contribution in [1.29, 1.82) is 0 Å². The quantitative estimate of drug-likeness (QED) is 0.405. The first-order chi connectivity index (χ1) is 11.9. The summed E-state index contributed by atoms with van der Waals surface area (Å²) in [6.07, 6.45) is 9.61. The molecule has 0 spiro atoms. The van der Waals surface area contributed by atoms with Crippen LogP contribution in [0, 0.1) is 0 Å². The van der Waals surface area contributed by atoms with Crippen LogP contribution in [0.25, 0.3) is 11.4 Å². The predicted molar refractivity (Wildman–Crippen MR) is 99.7 cm³/mol. The molecule has 0 amide bonds. The Bertz CT molecular complexity index is 729.